The lowest BCUT2D eigenvalue weighted by Gasteiger charge is -2.26. The molecular formula is C16H24N2O2. The predicted octanol–water partition coefficient (Wildman–Crippen LogP) is 1.99. The van der Waals surface area contributed by atoms with Crippen LogP contribution in [-0.2, 0) is 0 Å². The molecular weight excluding hydrogens is 252 g/mol. The Kier molecular flexibility index (Phi) is 5.15. The molecule has 0 saturated carbocycles. The van der Waals surface area contributed by atoms with Crippen LogP contribution in [0.2, 0.25) is 0 Å². The van der Waals surface area contributed by atoms with Gasteiger partial charge < -0.3 is 5.11 Å². The molecule has 1 atom stereocenters. The molecule has 0 radical (unpaired) electrons. The van der Waals surface area contributed by atoms with E-state index in [0.717, 1.165) is 32.6 Å². The van der Waals surface area contributed by atoms with Crippen molar-refractivity contribution in [2.24, 2.45) is 0 Å². The van der Waals surface area contributed by atoms with Crippen molar-refractivity contribution in [1.82, 2.24) is 9.80 Å². The molecule has 4 heteroatoms. The molecule has 1 aliphatic heterocycles. The summed E-state index contributed by atoms with van der Waals surface area (Å²) in [7, 11) is 0. The third kappa shape index (κ3) is 3.58. The van der Waals surface area contributed by atoms with Gasteiger partial charge in [0.25, 0.3) is 0 Å². The summed E-state index contributed by atoms with van der Waals surface area (Å²) in [6.07, 6.45) is 1.14. The first-order valence-electron chi connectivity index (χ1n) is 7.42. The van der Waals surface area contributed by atoms with Crippen molar-refractivity contribution >= 4 is 5.78 Å². The minimum absolute atomic E-state index is 0.130. The predicted molar refractivity (Wildman–Crippen MR) is 80.2 cm³/mol. The van der Waals surface area contributed by atoms with Crippen LogP contribution >= 0.6 is 0 Å². The monoisotopic (exact) mass is 276 g/mol. The van der Waals surface area contributed by atoms with Gasteiger partial charge in [-0.05, 0) is 43.8 Å². The fourth-order valence-electron chi connectivity index (χ4n) is 2.94. The Morgan fingerprint density at radius 3 is 2.55 bits per heavy atom. The van der Waals surface area contributed by atoms with E-state index in [1.807, 2.05) is 0 Å². The molecule has 2 rings (SSSR count). The van der Waals surface area contributed by atoms with Crippen LogP contribution in [0.15, 0.2) is 24.3 Å². The third-order valence-corrected chi connectivity index (χ3v) is 4.13. The fraction of sp³-hybridized carbons (Fsp3) is 0.562. The van der Waals surface area contributed by atoms with Crippen molar-refractivity contribution in [1.29, 1.82) is 0 Å². The number of phenols is 1. The first kappa shape index (κ1) is 15.0. The van der Waals surface area contributed by atoms with Gasteiger partial charge >= 0.3 is 0 Å². The SMILES string of the molecule is CCN(CC)C1CCN(CC(=O)c2ccc(O)cc2)C1. The van der Waals surface area contributed by atoms with E-state index >= 15 is 0 Å². The second-order valence-corrected chi connectivity index (χ2v) is 5.37. The molecule has 0 spiro atoms. The van der Waals surface area contributed by atoms with Gasteiger partial charge in [-0.15, -0.1) is 0 Å². The molecule has 0 bridgehead atoms. The van der Waals surface area contributed by atoms with Crippen molar-refractivity contribution < 1.29 is 9.90 Å². The molecule has 1 aliphatic rings. The summed E-state index contributed by atoms with van der Waals surface area (Å²) >= 11 is 0. The number of likely N-dealkylation sites (N-methyl/N-ethyl adjacent to an activating group) is 1. The minimum Gasteiger partial charge on any atom is -0.508 e. The summed E-state index contributed by atoms with van der Waals surface area (Å²) in [5.41, 5.74) is 0.675. The summed E-state index contributed by atoms with van der Waals surface area (Å²) in [4.78, 5) is 16.9. The largest absolute Gasteiger partial charge is 0.508 e. The second kappa shape index (κ2) is 6.86. The second-order valence-electron chi connectivity index (χ2n) is 5.37. The lowest BCUT2D eigenvalue weighted by molar-refractivity contribution is 0.0939. The van der Waals surface area contributed by atoms with Crippen LogP contribution in [0.4, 0.5) is 0 Å². The van der Waals surface area contributed by atoms with E-state index in [1.54, 1.807) is 24.3 Å². The molecule has 1 aromatic rings. The Bertz CT molecular complexity index is 440. The Labute approximate surface area is 121 Å². The number of hydrogen-bond donors (Lipinski definition) is 1. The normalized spacial score (nSPS) is 19.6. The number of likely N-dealkylation sites (tertiary alicyclic amines) is 1. The highest BCUT2D eigenvalue weighted by molar-refractivity contribution is 5.97. The zero-order valence-electron chi connectivity index (χ0n) is 12.4. The molecule has 110 valence electrons. The maximum absolute atomic E-state index is 12.2. The zero-order valence-corrected chi connectivity index (χ0v) is 12.4. The Morgan fingerprint density at radius 1 is 1.30 bits per heavy atom. The van der Waals surface area contributed by atoms with E-state index in [0.29, 0.717) is 18.2 Å². The summed E-state index contributed by atoms with van der Waals surface area (Å²) in [6, 6.07) is 7.09. The highest BCUT2D eigenvalue weighted by Crippen LogP contribution is 2.16. The molecule has 0 aromatic heterocycles. The van der Waals surface area contributed by atoms with Crippen LogP contribution in [0, 0.1) is 0 Å². The van der Waals surface area contributed by atoms with E-state index in [1.165, 1.54) is 0 Å². The number of phenolic OH excluding ortho intramolecular Hbond substituents is 1. The maximum atomic E-state index is 12.2. The fourth-order valence-corrected chi connectivity index (χ4v) is 2.94. The van der Waals surface area contributed by atoms with Gasteiger partial charge in [0, 0.05) is 24.7 Å². The number of nitrogens with zero attached hydrogens (tertiary/aromatic N) is 2. The van der Waals surface area contributed by atoms with E-state index in [4.69, 9.17) is 0 Å². The lowest BCUT2D eigenvalue weighted by atomic mass is 10.1. The Morgan fingerprint density at radius 2 is 1.95 bits per heavy atom. The number of aromatic hydroxyl groups is 1. The van der Waals surface area contributed by atoms with Crippen LogP contribution in [0.3, 0.4) is 0 Å². The number of rotatable bonds is 6. The van der Waals surface area contributed by atoms with Crippen LogP contribution in [0.1, 0.15) is 30.6 Å². The van der Waals surface area contributed by atoms with E-state index in [9.17, 15) is 9.90 Å². The van der Waals surface area contributed by atoms with Gasteiger partial charge in [-0.2, -0.15) is 0 Å². The number of benzene rings is 1. The van der Waals surface area contributed by atoms with Crippen LogP contribution in [-0.4, -0.2) is 59.5 Å². The van der Waals surface area contributed by atoms with Crippen molar-refractivity contribution in [2.75, 3.05) is 32.7 Å². The van der Waals surface area contributed by atoms with Crippen molar-refractivity contribution in [3.63, 3.8) is 0 Å². The number of Topliss-reactive ketones (excluding diaryl/α,β-unsaturated/α-hetero) is 1. The van der Waals surface area contributed by atoms with Gasteiger partial charge in [-0.1, -0.05) is 13.8 Å². The summed E-state index contributed by atoms with van der Waals surface area (Å²) in [6.45, 7) is 8.96. The Balaban J connectivity index is 1.88. The molecule has 1 heterocycles. The quantitative estimate of drug-likeness (QED) is 0.807. The lowest BCUT2D eigenvalue weighted by Crippen LogP contribution is -2.38. The first-order valence-corrected chi connectivity index (χ1v) is 7.42. The topological polar surface area (TPSA) is 43.8 Å². The smallest absolute Gasteiger partial charge is 0.176 e. The number of carbonyl (C=O) groups is 1. The van der Waals surface area contributed by atoms with Crippen molar-refractivity contribution in [3.05, 3.63) is 29.8 Å². The molecule has 1 unspecified atom stereocenters. The summed E-state index contributed by atoms with van der Waals surface area (Å²) < 4.78 is 0. The van der Waals surface area contributed by atoms with Gasteiger partial charge in [0.05, 0.1) is 6.54 Å². The molecule has 20 heavy (non-hydrogen) atoms. The van der Waals surface area contributed by atoms with Gasteiger partial charge in [-0.3, -0.25) is 14.6 Å². The summed E-state index contributed by atoms with van der Waals surface area (Å²) in [5.74, 6) is 0.328. The van der Waals surface area contributed by atoms with Crippen LogP contribution in [0.5, 0.6) is 5.75 Å². The van der Waals surface area contributed by atoms with Crippen LogP contribution < -0.4 is 0 Å². The molecule has 1 fully saturated rings. The minimum atomic E-state index is 0.130. The molecule has 4 nitrogen and oxygen atoms in total. The number of carbonyl (C=O) groups excluding carboxylic acids is 1. The van der Waals surface area contributed by atoms with Gasteiger partial charge in [0.15, 0.2) is 5.78 Å². The van der Waals surface area contributed by atoms with Gasteiger partial charge in [0.2, 0.25) is 0 Å². The molecule has 1 N–H and O–H groups in total. The number of ketones is 1. The third-order valence-electron chi connectivity index (χ3n) is 4.13. The molecule has 0 amide bonds. The highest BCUT2D eigenvalue weighted by Gasteiger charge is 2.27. The zero-order chi connectivity index (χ0) is 14.5. The van der Waals surface area contributed by atoms with Crippen molar-refractivity contribution in [3.8, 4) is 5.75 Å². The van der Waals surface area contributed by atoms with E-state index in [-0.39, 0.29) is 11.5 Å². The average Bonchev–Trinajstić information content (AvgIpc) is 2.89. The maximum Gasteiger partial charge on any atom is 0.176 e. The molecule has 0 aliphatic carbocycles. The molecule has 1 aromatic carbocycles. The van der Waals surface area contributed by atoms with Crippen molar-refractivity contribution in [2.45, 2.75) is 26.3 Å². The average molecular weight is 276 g/mol. The Hall–Kier alpha value is -1.39. The van der Waals surface area contributed by atoms with Gasteiger partial charge in [-0.25, -0.2) is 0 Å². The highest BCUT2D eigenvalue weighted by atomic mass is 16.3. The standard InChI is InChI=1S/C16H24N2O2/c1-3-18(4-2)14-9-10-17(11-14)12-16(20)13-5-7-15(19)8-6-13/h5-8,14,19H,3-4,9-12H2,1-2H3. The van der Waals surface area contributed by atoms with Gasteiger partial charge in [0.1, 0.15) is 5.75 Å². The number of hydrogen-bond acceptors (Lipinski definition) is 4. The van der Waals surface area contributed by atoms with Crippen LogP contribution in [0.25, 0.3) is 0 Å². The first-order chi connectivity index (χ1) is 9.63. The van der Waals surface area contributed by atoms with E-state index in [2.05, 4.69) is 23.6 Å². The van der Waals surface area contributed by atoms with E-state index < -0.39 is 0 Å². The molecule has 1 saturated heterocycles. The summed E-state index contributed by atoms with van der Waals surface area (Å²) in [5, 5.41) is 9.25.